The Hall–Kier alpha value is -3.35. The number of halogens is 4. The third kappa shape index (κ3) is 4.23. The molecule has 0 saturated carbocycles. The summed E-state index contributed by atoms with van der Waals surface area (Å²) in [4.78, 5) is 26.6. The number of nitrogens with one attached hydrogen (secondary N) is 1. The number of anilines is 1. The minimum atomic E-state index is -4.85. The number of hydrogen-bond donors (Lipinski definition) is 1. The highest BCUT2D eigenvalue weighted by atomic mass is 32.1. The molecular formula is C16H11F4N5O3S. The van der Waals surface area contributed by atoms with Gasteiger partial charge in [0.25, 0.3) is 5.91 Å². The first-order valence-corrected chi connectivity index (χ1v) is 8.51. The quantitative estimate of drug-likeness (QED) is 0.490. The molecule has 0 aromatic carbocycles. The number of pyridine rings is 1. The van der Waals surface area contributed by atoms with E-state index in [1.165, 1.54) is 26.4 Å². The van der Waals surface area contributed by atoms with E-state index in [-0.39, 0.29) is 23.0 Å². The molecule has 0 aliphatic heterocycles. The van der Waals surface area contributed by atoms with E-state index in [9.17, 15) is 22.4 Å². The Morgan fingerprint density at radius 3 is 2.31 bits per heavy atom. The molecule has 3 heterocycles. The maximum atomic E-state index is 13.4. The topological polar surface area (TPSA) is 99.1 Å². The van der Waals surface area contributed by atoms with E-state index in [4.69, 9.17) is 9.47 Å². The molecule has 3 rings (SSSR count). The van der Waals surface area contributed by atoms with Crippen LogP contribution in [-0.2, 0) is 6.18 Å². The molecule has 29 heavy (non-hydrogen) atoms. The minimum absolute atomic E-state index is 0.144. The van der Waals surface area contributed by atoms with Crippen LogP contribution in [-0.4, -0.2) is 40.1 Å². The Morgan fingerprint density at radius 2 is 1.76 bits per heavy atom. The molecule has 3 aromatic rings. The second kappa shape index (κ2) is 7.95. The molecule has 0 atom stereocenters. The van der Waals surface area contributed by atoms with Crippen LogP contribution in [0.15, 0.2) is 24.5 Å². The van der Waals surface area contributed by atoms with E-state index in [0.29, 0.717) is 11.3 Å². The van der Waals surface area contributed by atoms with Crippen molar-refractivity contribution in [3.63, 3.8) is 0 Å². The largest absolute Gasteiger partial charge is 0.480 e. The molecule has 1 amide bonds. The van der Waals surface area contributed by atoms with Crippen molar-refractivity contribution in [2.45, 2.75) is 6.18 Å². The van der Waals surface area contributed by atoms with Gasteiger partial charge >= 0.3 is 6.18 Å². The van der Waals surface area contributed by atoms with Gasteiger partial charge in [0, 0.05) is 0 Å². The third-order valence-corrected chi connectivity index (χ3v) is 4.45. The van der Waals surface area contributed by atoms with Crippen molar-refractivity contribution in [1.82, 2.24) is 19.9 Å². The number of methoxy groups -OCH3 is 2. The van der Waals surface area contributed by atoms with Gasteiger partial charge in [-0.15, -0.1) is 0 Å². The van der Waals surface area contributed by atoms with Gasteiger partial charge in [0.1, 0.15) is 6.33 Å². The highest BCUT2D eigenvalue weighted by Gasteiger charge is 2.39. The zero-order valence-corrected chi connectivity index (χ0v) is 15.6. The summed E-state index contributed by atoms with van der Waals surface area (Å²) in [7, 11) is 2.49. The lowest BCUT2D eigenvalue weighted by molar-refractivity contribution is -0.140. The number of carbonyl (C=O) groups excluding carboxylic acids is 1. The molecule has 0 unspecified atom stereocenters. The molecule has 13 heteroatoms. The van der Waals surface area contributed by atoms with Crippen LogP contribution in [0, 0.1) is 5.95 Å². The highest BCUT2D eigenvalue weighted by molar-refractivity contribution is 7.19. The average molecular weight is 429 g/mol. The van der Waals surface area contributed by atoms with Gasteiger partial charge in [0.2, 0.25) is 17.7 Å². The molecule has 3 aromatic heterocycles. The number of rotatable bonds is 5. The second-order valence-electron chi connectivity index (χ2n) is 5.26. The number of amides is 1. The van der Waals surface area contributed by atoms with Gasteiger partial charge in [-0.3, -0.25) is 10.1 Å². The first kappa shape index (κ1) is 20.4. The molecular weight excluding hydrogens is 418 g/mol. The molecule has 1 N–H and O–H groups in total. The second-order valence-corrected chi connectivity index (χ2v) is 6.26. The molecule has 8 nitrogen and oxygen atoms in total. The fraction of sp³-hybridized carbons (Fsp3) is 0.188. The SMILES string of the molecule is COc1ncnc(OC)c1C(=O)Nc1nc(C(F)(F)F)c(-c2cccc(F)n2)s1. The summed E-state index contributed by atoms with van der Waals surface area (Å²) >= 11 is 0.483. The van der Waals surface area contributed by atoms with Crippen molar-refractivity contribution < 1.29 is 31.8 Å². The fourth-order valence-corrected chi connectivity index (χ4v) is 3.24. The van der Waals surface area contributed by atoms with Crippen LogP contribution >= 0.6 is 11.3 Å². The van der Waals surface area contributed by atoms with E-state index in [0.717, 1.165) is 12.4 Å². The van der Waals surface area contributed by atoms with Crippen LogP contribution in [0.3, 0.4) is 0 Å². The van der Waals surface area contributed by atoms with E-state index in [1.807, 2.05) is 0 Å². The summed E-state index contributed by atoms with van der Waals surface area (Å²) in [5.41, 5.74) is -1.81. The lowest BCUT2D eigenvalue weighted by Gasteiger charge is -2.09. The molecule has 0 radical (unpaired) electrons. The van der Waals surface area contributed by atoms with Gasteiger partial charge in [-0.05, 0) is 12.1 Å². The Kier molecular flexibility index (Phi) is 5.59. The van der Waals surface area contributed by atoms with E-state index in [1.54, 1.807) is 0 Å². The van der Waals surface area contributed by atoms with Gasteiger partial charge in [-0.25, -0.2) is 19.9 Å². The Balaban J connectivity index is 2.02. The van der Waals surface area contributed by atoms with Gasteiger partial charge in [0.05, 0.1) is 24.8 Å². The van der Waals surface area contributed by atoms with Crippen LogP contribution in [0.5, 0.6) is 11.8 Å². The van der Waals surface area contributed by atoms with Crippen LogP contribution < -0.4 is 14.8 Å². The number of thiazole rings is 1. The molecule has 152 valence electrons. The van der Waals surface area contributed by atoms with Gasteiger partial charge in [0.15, 0.2) is 16.4 Å². The highest BCUT2D eigenvalue weighted by Crippen LogP contribution is 2.41. The monoisotopic (exact) mass is 429 g/mol. The molecule has 0 aliphatic carbocycles. The standard InChI is InChI=1S/C16H11F4N5O3S/c1-27-13-9(14(28-2)22-6-21-13)12(26)25-15-24-11(16(18,19)20)10(29-15)7-4-3-5-8(17)23-7/h3-6H,1-2H3,(H,24,25,26). The van der Waals surface area contributed by atoms with Crippen molar-refractivity contribution in [2.24, 2.45) is 0 Å². The van der Waals surface area contributed by atoms with Crippen molar-refractivity contribution >= 4 is 22.4 Å². The number of aromatic nitrogens is 4. The maximum Gasteiger partial charge on any atom is 0.434 e. The predicted molar refractivity (Wildman–Crippen MR) is 93.4 cm³/mol. The Labute approximate surface area is 164 Å². The molecule has 0 bridgehead atoms. The normalized spacial score (nSPS) is 11.2. The zero-order chi connectivity index (χ0) is 21.2. The van der Waals surface area contributed by atoms with Crippen molar-refractivity contribution in [1.29, 1.82) is 0 Å². The van der Waals surface area contributed by atoms with Crippen molar-refractivity contribution in [3.8, 4) is 22.3 Å². The van der Waals surface area contributed by atoms with Crippen molar-refractivity contribution in [2.75, 3.05) is 19.5 Å². The molecule has 0 spiro atoms. The smallest absolute Gasteiger partial charge is 0.434 e. The molecule has 0 aliphatic rings. The zero-order valence-electron chi connectivity index (χ0n) is 14.7. The summed E-state index contributed by atoms with van der Waals surface area (Å²) in [5, 5.41) is 1.84. The fourth-order valence-electron chi connectivity index (χ4n) is 2.29. The van der Waals surface area contributed by atoms with Crippen LogP contribution in [0.4, 0.5) is 22.7 Å². The van der Waals surface area contributed by atoms with Crippen LogP contribution in [0.1, 0.15) is 16.1 Å². The number of alkyl halides is 3. The Bertz CT molecular complexity index is 1040. The first-order chi connectivity index (χ1) is 13.7. The van der Waals surface area contributed by atoms with Crippen LogP contribution in [0.2, 0.25) is 0 Å². The van der Waals surface area contributed by atoms with E-state index in [2.05, 4.69) is 25.3 Å². The van der Waals surface area contributed by atoms with Gasteiger partial charge in [-0.1, -0.05) is 17.4 Å². The third-order valence-electron chi connectivity index (χ3n) is 3.46. The van der Waals surface area contributed by atoms with E-state index < -0.39 is 33.7 Å². The number of carbonyl (C=O) groups is 1. The lowest BCUT2D eigenvalue weighted by atomic mass is 10.2. The first-order valence-electron chi connectivity index (χ1n) is 7.70. The molecule has 0 saturated heterocycles. The van der Waals surface area contributed by atoms with Gasteiger partial charge in [-0.2, -0.15) is 17.6 Å². The summed E-state index contributed by atoms with van der Waals surface area (Å²) in [5.74, 6) is -2.14. The lowest BCUT2D eigenvalue weighted by Crippen LogP contribution is -2.16. The number of ether oxygens (including phenoxy) is 2. The maximum absolute atomic E-state index is 13.4. The number of hydrogen-bond acceptors (Lipinski definition) is 8. The number of nitrogens with zero attached hydrogens (tertiary/aromatic N) is 4. The summed E-state index contributed by atoms with van der Waals surface area (Å²) in [6, 6.07) is 3.41. The summed E-state index contributed by atoms with van der Waals surface area (Å²) < 4.78 is 63.5. The minimum Gasteiger partial charge on any atom is -0.480 e. The van der Waals surface area contributed by atoms with E-state index >= 15 is 0 Å². The Morgan fingerprint density at radius 1 is 1.10 bits per heavy atom. The molecule has 0 fully saturated rings. The van der Waals surface area contributed by atoms with Crippen LogP contribution in [0.25, 0.3) is 10.6 Å². The van der Waals surface area contributed by atoms with Crippen molar-refractivity contribution in [3.05, 3.63) is 41.7 Å². The van der Waals surface area contributed by atoms with Gasteiger partial charge < -0.3 is 9.47 Å². The summed E-state index contributed by atoms with van der Waals surface area (Å²) in [6.45, 7) is 0. The average Bonchev–Trinajstić information content (AvgIpc) is 3.11. The predicted octanol–water partition coefficient (Wildman–Crippen LogP) is 3.42. The summed E-state index contributed by atoms with van der Waals surface area (Å²) in [6.07, 6.45) is -3.76.